The van der Waals surface area contributed by atoms with Crippen molar-refractivity contribution in [3.8, 4) is 0 Å². The number of para-hydroxylation sites is 1. The van der Waals surface area contributed by atoms with E-state index in [0.29, 0.717) is 0 Å². The molecule has 0 aliphatic carbocycles. The molecule has 1 unspecified atom stereocenters. The van der Waals surface area contributed by atoms with Gasteiger partial charge in [0.05, 0.1) is 5.69 Å². The lowest BCUT2D eigenvalue weighted by molar-refractivity contribution is -0.0524. The van der Waals surface area contributed by atoms with Gasteiger partial charge in [0, 0.05) is 12.6 Å². The highest BCUT2D eigenvalue weighted by Gasteiger charge is 2.39. The fourth-order valence-electron chi connectivity index (χ4n) is 2.14. The molecule has 17 heavy (non-hydrogen) atoms. The van der Waals surface area contributed by atoms with Crippen molar-refractivity contribution in [1.29, 1.82) is 0 Å². The van der Waals surface area contributed by atoms with E-state index >= 15 is 0 Å². The van der Waals surface area contributed by atoms with E-state index < -0.39 is 5.60 Å². The molecule has 0 aliphatic rings. The topological polar surface area (TPSA) is 25.2 Å². The summed E-state index contributed by atoms with van der Waals surface area (Å²) in [4.78, 5) is 0. The number of hydrogen-bond donors (Lipinski definition) is 1. The van der Waals surface area contributed by atoms with E-state index in [0.717, 1.165) is 11.2 Å². The fraction of sp³-hybridized carbons (Fsp3) is 0.467. The molecule has 0 amide bonds. The fourth-order valence-corrected chi connectivity index (χ4v) is 2.14. The molecule has 0 saturated carbocycles. The second kappa shape index (κ2) is 3.61. The summed E-state index contributed by atoms with van der Waals surface area (Å²) in [6.07, 6.45) is 0. The second-order valence-electron chi connectivity index (χ2n) is 5.97. The maximum Gasteiger partial charge on any atom is 0.106 e. The van der Waals surface area contributed by atoms with Crippen molar-refractivity contribution in [2.24, 2.45) is 12.5 Å². The molecule has 0 aliphatic heterocycles. The van der Waals surface area contributed by atoms with Gasteiger partial charge in [-0.1, -0.05) is 39.0 Å². The average Bonchev–Trinajstić information content (AvgIpc) is 2.56. The summed E-state index contributed by atoms with van der Waals surface area (Å²) < 4.78 is 2.08. The van der Waals surface area contributed by atoms with Crippen molar-refractivity contribution in [2.45, 2.75) is 33.3 Å². The van der Waals surface area contributed by atoms with Crippen LogP contribution in [-0.4, -0.2) is 9.67 Å². The van der Waals surface area contributed by atoms with Gasteiger partial charge in [-0.15, -0.1) is 0 Å². The molecule has 1 heterocycles. The lowest BCUT2D eigenvalue weighted by Crippen LogP contribution is -2.38. The molecule has 2 aromatic rings. The number of aromatic nitrogens is 1. The second-order valence-corrected chi connectivity index (χ2v) is 5.97. The zero-order chi connectivity index (χ0) is 12.8. The minimum Gasteiger partial charge on any atom is -0.383 e. The molecule has 2 heteroatoms. The molecule has 0 fully saturated rings. The van der Waals surface area contributed by atoms with Gasteiger partial charge in [0.2, 0.25) is 0 Å². The molecule has 0 spiro atoms. The summed E-state index contributed by atoms with van der Waals surface area (Å²) in [7, 11) is 2.01. The Kier molecular flexibility index (Phi) is 2.58. The summed E-state index contributed by atoms with van der Waals surface area (Å²) in [5.41, 5.74) is 1.08. The molecule has 1 aromatic heterocycles. The number of hydrogen-bond acceptors (Lipinski definition) is 1. The summed E-state index contributed by atoms with van der Waals surface area (Å²) >= 11 is 0. The maximum atomic E-state index is 10.8. The third-order valence-electron chi connectivity index (χ3n) is 3.91. The predicted octanol–water partition coefficient (Wildman–Crippen LogP) is 3.43. The van der Waals surface area contributed by atoms with Crippen LogP contribution in [0.15, 0.2) is 30.3 Å². The Morgan fingerprint density at radius 1 is 1.06 bits per heavy atom. The summed E-state index contributed by atoms with van der Waals surface area (Å²) in [6, 6.07) is 10.3. The van der Waals surface area contributed by atoms with Gasteiger partial charge in [-0.05, 0) is 29.9 Å². The molecule has 0 radical (unpaired) electrons. The molecule has 1 aromatic carbocycles. The maximum absolute atomic E-state index is 10.8. The van der Waals surface area contributed by atoms with Crippen LogP contribution in [0.3, 0.4) is 0 Å². The third-order valence-corrected chi connectivity index (χ3v) is 3.91. The summed E-state index contributed by atoms with van der Waals surface area (Å²) in [5.74, 6) is 0. The Bertz CT molecular complexity index is 544. The van der Waals surface area contributed by atoms with Gasteiger partial charge in [0.1, 0.15) is 5.60 Å². The van der Waals surface area contributed by atoms with E-state index in [4.69, 9.17) is 0 Å². The van der Waals surface area contributed by atoms with Gasteiger partial charge < -0.3 is 9.67 Å². The van der Waals surface area contributed by atoms with Crippen molar-refractivity contribution in [2.75, 3.05) is 0 Å². The first-order chi connectivity index (χ1) is 7.75. The quantitative estimate of drug-likeness (QED) is 0.799. The highest BCUT2D eigenvalue weighted by atomic mass is 16.3. The molecule has 1 atom stereocenters. The van der Waals surface area contributed by atoms with Crippen molar-refractivity contribution < 1.29 is 5.11 Å². The highest BCUT2D eigenvalue weighted by molar-refractivity contribution is 5.81. The molecular formula is C15H21NO. The standard InChI is InChI=1S/C15H21NO/c1-14(2,3)15(4,17)13-10-11-8-6-7-9-12(11)16(13)5/h6-10,17H,1-5H3. The first kappa shape index (κ1) is 12.2. The third kappa shape index (κ3) is 1.77. The molecular weight excluding hydrogens is 210 g/mol. The van der Waals surface area contributed by atoms with Crippen molar-refractivity contribution in [1.82, 2.24) is 4.57 Å². The lowest BCUT2D eigenvalue weighted by Gasteiger charge is -2.37. The van der Waals surface area contributed by atoms with Crippen molar-refractivity contribution in [3.05, 3.63) is 36.0 Å². The van der Waals surface area contributed by atoms with Gasteiger partial charge in [-0.25, -0.2) is 0 Å². The Morgan fingerprint density at radius 2 is 1.65 bits per heavy atom. The van der Waals surface area contributed by atoms with E-state index in [1.165, 1.54) is 5.39 Å². The normalized spacial score (nSPS) is 16.1. The Morgan fingerprint density at radius 3 is 2.18 bits per heavy atom. The average molecular weight is 231 g/mol. The van der Waals surface area contributed by atoms with E-state index in [2.05, 4.69) is 43.5 Å². The predicted molar refractivity (Wildman–Crippen MR) is 71.9 cm³/mol. The van der Waals surface area contributed by atoms with Crippen LogP contribution >= 0.6 is 0 Å². The smallest absolute Gasteiger partial charge is 0.106 e. The molecule has 0 saturated heterocycles. The van der Waals surface area contributed by atoms with Gasteiger partial charge in [0.25, 0.3) is 0 Å². The van der Waals surface area contributed by atoms with Gasteiger partial charge in [-0.2, -0.15) is 0 Å². The van der Waals surface area contributed by atoms with Gasteiger partial charge in [0.15, 0.2) is 0 Å². The number of aryl methyl sites for hydroxylation is 1. The lowest BCUT2D eigenvalue weighted by atomic mass is 9.75. The highest BCUT2D eigenvalue weighted by Crippen LogP contribution is 2.40. The minimum absolute atomic E-state index is 0.199. The Balaban J connectivity index is 2.68. The first-order valence-corrected chi connectivity index (χ1v) is 6.02. The molecule has 1 N–H and O–H groups in total. The summed E-state index contributed by atoms with van der Waals surface area (Å²) in [5, 5.41) is 12.0. The number of rotatable bonds is 1. The van der Waals surface area contributed by atoms with Crippen LogP contribution in [0.4, 0.5) is 0 Å². The number of benzene rings is 1. The monoisotopic (exact) mass is 231 g/mol. The number of nitrogens with zero attached hydrogens (tertiary/aromatic N) is 1. The van der Waals surface area contributed by atoms with Crippen molar-refractivity contribution >= 4 is 10.9 Å². The van der Waals surface area contributed by atoms with Crippen LogP contribution in [0.1, 0.15) is 33.4 Å². The molecule has 2 rings (SSSR count). The molecule has 2 nitrogen and oxygen atoms in total. The zero-order valence-electron chi connectivity index (χ0n) is 11.3. The van der Waals surface area contributed by atoms with Gasteiger partial charge in [-0.3, -0.25) is 0 Å². The van der Waals surface area contributed by atoms with Crippen molar-refractivity contribution in [3.63, 3.8) is 0 Å². The molecule has 92 valence electrons. The zero-order valence-corrected chi connectivity index (χ0v) is 11.3. The van der Waals surface area contributed by atoms with Gasteiger partial charge >= 0.3 is 0 Å². The number of aliphatic hydroxyl groups is 1. The van der Waals surface area contributed by atoms with E-state index in [1.54, 1.807) is 0 Å². The Hall–Kier alpha value is -1.28. The van der Waals surface area contributed by atoms with Crippen LogP contribution < -0.4 is 0 Å². The van der Waals surface area contributed by atoms with Crippen LogP contribution in [0.5, 0.6) is 0 Å². The summed E-state index contributed by atoms with van der Waals surface area (Å²) in [6.45, 7) is 8.07. The first-order valence-electron chi connectivity index (χ1n) is 6.02. The number of fused-ring (bicyclic) bond motifs is 1. The van der Waals surface area contributed by atoms with Crippen LogP contribution in [0.2, 0.25) is 0 Å². The van der Waals surface area contributed by atoms with E-state index in [9.17, 15) is 5.11 Å². The van der Waals surface area contributed by atoms with Crippen LogP contribution in [0, 0.1) is 5.41 Å². The SMILES string of the molecule is Cn1c(C(C)(O)C(C)(C)C)cc2ccccc21. The molecule has 0 bridgehead atoms. The van der Waals surface area contributed by atoms with E-state index in [1.807, 2.05) is 26.1 Å². The van der Waals surface area contributed by atoms with Crippen LogP contribution in [-0.2, 0) is 12.6 Å². The van der Waals surface area contributed by atoms with E-state index in [-0.39, 0.29) is 5.41 Å². The Labute approximate surface area is 103 Å². The largest absolute Gasteiger partial charge is 0.383 e. The van der Waals surface area contributed by atoms with Crippen LogP contribution in [0.25, 0.3) is 10.9 Å². The minimum atomic E-state index is -0.846.